The van der Waals surface area contributed by atoms with E-state index in [2.05, 4.69) is 28.1 Å². The standard InChI is InChI=1S/C20H29N5O/c1-17-14-22-25(15-17)13-9-20(26)24-11-5-7-19(16-24)23(2)12-8-18-6-3-4-10-21-18/h3-4,6,10,14-15,19H,5,7-9,11-13,16H2,1-2H3. The highest BCUT2D eigenvalue weighted by Gasteiger charge is 2.25. The molecule has 0 N–H and O–H groups in total. The summed E-state index contributed by atoms with van der Waals surface area (Å²) in [5.74, 6) is 0.237. The first-order valence-electron chi connectivity index (χ1n) is 9.49. The summed E-state index contributed by atoms with van der Waals surface area (Å²) in [6, 6.07) is 6.48. The highest BCUT2D eigenvalue weighted by atomic mass is 16.2. The number of amides is 1. The molecule has 2 aromatic rings. The molecule has 140 valence electrons. The van der Waals surface area contributed by atoms with Crippen molar-refractivity contribution >= 4 is 5.91 Å². The molecule has 1 unspecified atom stereocenters. The van der Waals surface area contributed by atoms with Crippen molar-refractivity contribution in [1.82, 2.24) is 24.6 Å². The number of likely N-dealkylation sites (tertiary alicyclic amines) is 1. The highest BCUT2D eigenvalue weighted by Crippen LogP contribution is 2.16. The predicted octanol–water partition coefficient (Wildman–Crippen LogP) is 2.14. The molecule has 1 aliphatic heterocycles. The largest absolute Gasteiger partial charge is 0.341 e. The second-order valence-corrected chi connectivity index (χ2v) is 7.22. The molecule has 0 aromatic carbocycles. The quantitative estimate of drug-likeness (QED) is 0.764. The van der Waals surface area contributed by atoms with Crippen molar-refractivity contribution in [2.75, 3.05) is 26.7 Å². The van der Waals surface area contributed by atoms with Gasteiger partial charge in [0.05, 0.1) is 6.20 Å². The van der Waals surface area contributed by atoms with Gasteiger partial charge in [-0.3, -0.25) is 14.5 Å². The lowest BCUT2D eigenvalue weighted by atomic mass is 10.0. The molecule has 6 nitrogen and oxygen atoms in total. The van der Waals surface area contributed by atoms with Crippen LogP contribution in [0.3, 0.4) is 0 Å². The Kier molecular flexibility index (Phi) is 6.39. The van der Waals surface area contributed by atoms with Gasteiger partial charge in [0.25, 0.3) is 0 Å². The third-order valence-electron chi connectivity index (χ3n) is 5.14. The number of aromatic nitrogens is 3. The van der Waals surface area contributed by atoms with Gasteiger partial charge in [-0.1, -0.05) is 6.07 Å². The topological polar surface area (TPSA) is 54.3 Å². The van der Waals surface area contributed by atoms with Crippen molar-refractivity contribution in [3.63, 3.8) is 0 Å². The van der Waals surface area contributed by atoms with Gasteiger partial charge in [-0.2, -0.15) is 5.10 Å². The number of likely N-dealkylation sites (N-methyl/N-ethyl adjacent to an activating group) is 1. The first-order valence-corrected chi connectivity index (χ1v) is 9.49. The number of piperidine rings is 1. The Balaban J connectivity index is 1.45. The summed E-state index contributed by atoms with van der Waals surface area (Å²) in [6.45, 7) is 5.35. The third-order valence-corrected chi connectivity index (χ3v) is 5.14. The van der Waals surface area contributed by atoms with Gasteiger partial charge in [0.15, 0.2) is 0 Å². The van der Waals surface area contributed by atoms with Crippen LogP contribution >= 0.6 is 0 Å². The maximum absolute atomic E-state index is 12.6. The van der Waals surface area contributed by atoms with Gasteiger partial charge >= 0.3 is 0 Å². The van der Waals surface area contributed by atoms with Gasteiger partial charge in [-0.15, -0.1) is 0 Å². The van der Waals surface area contributed by atoms with E-state index in [0.717, 1.165) is 50.2 Å². The zero-order chi connectivity index (χ0) is 18.4. The van der Waals surface area contributed by atoms with E-state index in [-0.39, 0.29) is 5.91 Å². The number of nitrogens with zero attached hydrogens (tertiary/aromatic N) is 5. The third kappa shape index (κ3) is 5.14. The zero-order valence-corrected chi connectivity index (χ0v) is 15.8. The van der Waals surface area contributed by atoms with Gasteiger partial charge in [0.2, 0.25) is 5.91 Å². The van der Waals surface area contributed by atoms with Crippen molar-refractivity contribution in [3.05, 3.63) is 48.0 Å². The number of pyridine rings is 1. The summed E-state index contributed by atoms with van der Waals surface area (Å²) < 4.78 is 1.85. The smallest absolute Gasteiger partial charge is 0.224 e. The van der Waals surface area contributed by atoms with E-state index in [9.17, 15) is 4.79 Å². The Morgan fingerprint density at radius 2 is 2.27 bits per heavy atom. The molecule has 3 rings (SSSR count). The number of carbonyl (C=O) groups is 1. The molecule has 1 fully saturated rings. The van der Waals surface area contributed by atoms with Gasteiger partial charge in [-0.25, -0.2) is 0 Å². The van der Waals surface area contributed by atoms with Gasteiger partial charge in [-0.05, 0) is 44.5 Å². The lowest BCUT2D eigenvalue weighted by Gasteiger charge is -2.37. The summed E-state index contributed by atoms with van der Waals surface area (Å²) in [4.78, 5) is 21.4. The van der Waals surface area contributed by atoms with Crippen LogP contribution < -0.4 is 0 Å². The van der Waals surface area contributed by atoms with Crippen molar-refractivity contribution in [2.45, 2.75) is 45.2 Å². The van der Waals surface area contributed by atoms with E-state index in [1.807, 2.05) is 47.2 Å². The number of rotatable bonds is 7. The molecule has 3 heterocycles. The maximum Gasteiger partial charge on any atom is 0.224 e. The predicted molar refractivity (Wildman–Crippen MR) is 102 cm³/mol. The Morgan fingerprint density at radius 3 is 3.00 bits per heavy atom. The second-order valence-electron chi connectivity index (χ2n) is 7.22. The molecular formula is C20H29N5O. The van der Waals surface area contributed by atoms with Crippen LogP contribution in [-0.2, 0) is 17.8 Å². The average molecular weight is 355 g/mol. The number of hydrogen-bond donors (Lipinski definition) is 0. The molecule has 1 amide bonds. The fraction of sp³-hybridized carbons (Fsp3) is 0.550. The summed E-state index contributed by atoms with van der Waals surface area (Å²) in [7, 11) is 2.16. The van der Waals surface area contributed by atoms with E-state index >= 15 is 0 Å². The first kappa shape index (κ1) is 18.6. The van der Waals surface area contributed by atoms with E-state index in [4.69, 9.17) is 0 Å². The lowest BCUT2D eigenvalue weighted by molar-refractivity contribution is -0.133. The summed E-state index contributed by atoms with van der Waals surface area (Å²) in [6.07, 6.45) is 9.35. The van der Waals surface area contributed by atoms with Crippen LogP contribution in [0.4, 0.5) is 0 Å². The van der Waals surface area contributed by atoms with E-state index in [1.165, 1.54) is 0 Å². The molecule has 1 saturated heterocycles. The average Bonchev–Trinajstić information content (AvgIpc) is 3.10. The SMILES string of the molecule is Cc1cnn(CCC(=O)N2CCCC(N(C)CCc3ccccn3)C2)c1. The minimum Gasteiger partial charge on any atom is -0.341 e. The molecular weight excluding hydrogens is 326 g/mol. The molecule has 6 heteroatoms. The molecule has 26 heavy (non-hydrogen) atoms. The summed E-state index contributed by atoms with van der Waals surface area (Å²) >= 11 is 0. The maximum atomic E-state index is 12.6. The van der Waals surface area contributed by atoms with Crippen LogP contribution in [0.15, 0.2) is 36.8 Å². The fourth-order valence-electron chi connectivity index (χ4n) is 3.52. The Bertz CT molecular complexity index is 699. The lowest BCUT2D eigenvalue weighted by Crippen LogP contribution is -2.49. The van der Waals surface area contributed by atoms with Crippen molar-refractivity contribution in [1.29, 1.82) is 0 Å². The monoisotopic (exact) mass is 355 g/mol. The van der Waals surface area contributed by atoms with Gasteiger partial charge < -0.3 is 9.80 Å². The van der Waals surface area contributed by atoms with Crippen LogP contribution in [0.5, 0.6) is 0 Å². The first-order chi connectivity index (χ1) is 12.6. The molecule has 1 atom stereocenters. The number of aryl methyl sites for hydroxylation is 2. The van der Waals surface area contributed by atoms with E-state index < -0.39 is 0 Å². The molecule has 0 aliphatic carbocycles. The molecule has 0 spiro atoms. The van der Waals surface area contributed by atoms with Crippen LogP contribution in [0.25, 0.3) is 0 Å². The Hall–Kier alpha value is -2.21. The number of hydrogen-bond acceptors (Lipinski definition) is 4. The second kappa shape index (κ2) is 8.94. The van der Waals surface area contributed by atoms with Gasteiger partial charge in [0.1, 0.15) is 0 Å². The van der Waals surface area contributed by atoms with Crippen LogP contribution in [0, 0.1) is 6.92 Å². The molecule has 2 aromatic heterocycles. The highest BCUT2D eigenvalue weighted by molar-refractivity contribution is 5.76. The van der Waals surface area contributed by atoms with E-state index in [1.54, 1.807) is 0 Å². The molecule has 0 radical (unpaired) electrons. The number of carbonyl (C=O) groups excluding carboxylic acids is 1. The van der Waals surface area contributed by atoms with Crippen molar-refractivity contribution < 1.29 is 4.79 Å². The van der Waals surface area contributed by atoms with Crippen molar-refractivity contribution in [3.8, 4) is 0 Å². The van der Waals surface area contributed by atoms with Crippen LogP contribution in [-0.4, -0.2) is 63.2 Å². The fourth-order valence-corrected chi connectivity index (χ4v) is 3.52. The van der Waals surface area contributed by atoms with Crippen LogP contribution in [0.1, 0.15) is 30.5 Å². The molecule has 0 saturated carbocycles. The summed E-state index contributed by atoms with van der Waals surface area (Å²) in [5, 5.41) is 4.26. The Morgan fingerprint density at radius 1 is 1.38 bits per heavy atom. The normalized spacial score (nSPS) is 17.7. The zero-order valence-electron chi connectivity index (χ0n) is 15.8. The minimum absolute atomic E-state index is 0.237. The molecule has 1 aliphatic rings. The van der Waals surface area contributed by atoms with Crippen molar-refractivity contribution in [2.24, 2.45) is 0 Å². The van der Waals surface area contributed by atoms with E-state index in [0.29, 0.717) is 19.0 Å². The Labute approximate surface area is 155 Å². The minimum atomic E-state index is 0.237. The van der Waals surface area contributed by atoms with Crippen LogP contribution in [0.2, 0.25) is 0 Å². The van der Waals surface area contributed by atoms with Gasteiger partial charge in [0, 0.05) is 63.2 Å². The summed E-state index contributed by atoms with van der Waals surface area (Å²) in [5.41, 5.74) is 2.25. The molecule has 0 bridgehead atoms.